The van der Waals surface area contributed by atoms with Crippen molar-refractivity contribution in [2.75, 3.05) is 34.4 Å². The summed E-state index contributed by atoms with van der Waals surface area (Å²) in [4.78, 5) is 28.6. The lowest BCUT2D eigenvalue weighted by Gasteiger charge is -2.28. The van der Waals surface area contributed by atoms with Crippen molar-refractivity contribution in [3.05, 3.63) is 125 Å². The number of carbonyl (C=O) groups is 2. The van der Waals surface area contributed by atoms with Crippen molar-refractivity contribution < 1.29 is 50.1 Å². The first-order valence-electron chi connectivity index (χ1n) is 22.4. The van der Waals surface area contributed by atoms with E-state index in [-0.39, 0.29) is 41.7 Å². The van der Waals surface area contributed by atoms with E-state index in [2.05, 4.69) is 35.9 Å². The molecular formula is C49H58ClN9O11S2. The van der Waals surface area contributed by atoms with Gasteiger partial charge in [0.15, 0.2) is 5.82 Å². The normalized spacial score (nSPS) is 12.1. The fourth-order valence-corrected chi connectivity index (χ4v) is 11.0. The maximum absolute atomic E-state index is 16.3. The van der Waals surface area contributed by atoms with Crippen molar-refractivity contribution >= 4 is 43.8 Å². The molecule has 0 radical (unpaired) electrons. The lowest BCUT2D eigenvalue weighted by molar-refractivity contribution is 0.0517. The van der Waals surface area contributed by atoms with Gasteiger partial charge in [0.2, 0.25) is 20.0 Å². The van der Waals surface area contributed by atoms with Gasteiger partial charge in [-0.2, -0.15) is 4.31 Å². The Morgan fingerprint density at radius 3 is 1.64 bits per heavy atom. The molecule has 0 aliphatic carbocycles. The molecule has 20 nitrogen and oxygen atoms in total. The number of carbonyl (C=O) groups excluding carboxylic acids is 2. The van der Waals surface area contributed by atoms with Gasteiger partial charge in [0, 0.05) is 32.4 Å². The Morgan fingerprint density at radius 2 is 1.18 bits per heavy atom. The summed E-state index contributed by atoms with van der Waals surface area (Å²) in [5.41, 5.74) is 0.219. The highest BCUT2D eigenvalue weighted by molar-refractivity contribution is 7.92. The molecule has 0 unspecified atom stereocenters. The fourth-order valence-electron chi connectivity index (χ4n) is 7.16. The van der Waals surface area contributed by atoms with E-state index in [1.165, 1.54) is 44.3 Å². The molecule has 4 aromatic carbocycles. The number of sulfonamides is 2. The Kier molecular flexibility index (Phi) is 17.5. The third kappa shape index (κ3) is 14.6. The van der Waals surface area contributed by atoms with E-state index in [0.717, 1.165) is 10.4 Å². The van der Waals surface area contributed by atoms with Crippen LogP contribution in [0.25, 0.3) is 22.5 Å². The van der Waals surface area contributed by atoms with Gasteiger partial charge in [-0.15, -0.1) is 5.10 Å². The second-order valence-electron chi connectivity index (χ2n) is 18.2. The minimum Gasteiger partial charge on any atom is -0.497 e. The van der Waals surface area contributed by atoms with E-state index >= 15 is 16.8 Å². The van der Waals surface area contributed by atoms with Crippen molar-refractivity contribution in [1.82, 2.24) is 44.9 Å². The zero-order valence-corrected chi connectivity index (χ0v) is 43.7. The smallest absolute Gasteiger partial charge is 0.407 e. The monoisotopic (exact) mass is 1050 g/mol. The van der Waals surface area contributed by atoms with Crippen LogP contribution >= 0.6 is 11.6 Å². The Bertz CT molecular complexity index is 2970. The number of methoxy groups -OCH3 is 3. The van der Waals surface area contributed by atoms with Crippen LogP contribution in [0.15, 0.2) is 113 Å². The van der Waals surface area contributed by atoms with Crippen molar-refractivity contribution in [1.29, 1.82) is 0 Å². The molecular weight excluding hydrogens is 990 g/mol. The van der Waals surface area contributed by atoms with Crippen molar-refractivity contribution in [2.24, 2.45) is 0 Å². The van der Waals surface area contributed by atoms with Crippen molar-refractivity contribution in [3.63, 3.8) is 0 Å². The number of benzene rings is 4. The quantitative estimate of drug-likeness (QED) is 0.0639. The van der Waals surface area contributed by atoms with E-state index in [9.17, 15) is 9.59 Å². The molecule has 0 saturated heterocycles. The summed E-state index contributed by atoms with van der Waals surface area (Å²) in [6, 6.07) is 24.8. The van der Waals surface area contributed by atoms with Gasteiger partial charge < -0.3 is 34.3 Å². The molecule has 23 heteroatoms. The first kappa shape index (κ1) is 54.5. The van der Waals surface area contributed by atoms with Gasteiger partial charge in [-0.1, -0.05) is 54.1 Å². The van der Waals surface area contributed by atoms with Crippen LogP contribution in [-0.4, -0.2) is 110 Å². The second-order valence-corrected chi connectivity index (χ2v) is 22.2. The molecule has 0 spiro atoms. The van der Waals surface area contributed by atoms with Crippen LogP contribution in [-0.2, 0) is 49.2 Å². The summed E-state index contributed by atoms with van der Waals surface area (Å²) < 4.78 is 95.3. The van der Waals surface area contributed by atoms with Gasteiger partial charge in [0.1, 0.15) is 43.4 Å². The van der Waals surface area contributed by atoms with Crippen molar-refractivity contribution in [3.8, 4) is 39.8 Å². The average molecular weight is 1050 g/mol. The maximum atomic E-state index is 16.3. The summed E-state index contributed by atoms with van der Waals surface area (Å²) in [5, 5.41) is 17.8. The van der Waals surface area contributed by atoms with Crippen LogP contribution in [0.1, 0.15) is 58.2 Å². The molecule has 0 saturated carbocycles. The molecule has 2 amide bonds. The molecule has 384 valence electrons. The lowest BCUT2D eigenvalue weighted by atomic mass is 10.00. The van der Waals surface area contributed by atoms with Crippen LogP contribution in [0.5, 0.6) is 17.2 Å². The Balaban J connectivity index is 1.62. The highest BCUT2D eigenvalue weighted by Gasteiger charge is 2.39. The standard InChI is InChI=1S/C49H58ClN9O11S2/c1-48(2,3)69-46(60)52-27-36(28-53-47(61)70-49(4,5)6)55-71(62,63)41-23-22-40(35-24-25-51-42(50)26-35)43(45-54-56-57-59(45)31-34-14-20-39(68-9)21-15-34)44(41)72(64,65)58(29-32-10-16-37(66-7)17-11-32)30-33-12-18-38(67-8)19-13-33/h10-26,36,55H,27-31H2,1-9H3,(H,52,60)(H,53,61). The number of pyridine rings is 1. The Labute approximate surface area is 424 Å². The van der Waals surface area contributed by atoms with E-state index in [1.807, 2.05) is 0 Å². The lowest BCUT2D eigenvalue weighted by Crippen LogP contribution is -2.51. The molecule has 0 aliphatic rings. The number of alkyl carbamates (subject to hydrolysis) is 2. The fraction of sp³-hybridized carbons (Fsp3) is 0.347. The molecule has 0 aliphatic heterocycles. The largest absolute Gasteiger partial charge is 0.497 e. The highest BCUT2D eigenvalue weighted by atomic mass is 35.5. The maximum Gasteiger partial charge on any atom is 0.407 e. The molecule has 2 heterocycles. The molecule has 3 N–H and O–H groups in total. The zero-order chi connectivity index (χ0) is 52.4. The van der Waals surface area contributed by atoms with Gasteiger partial charge in [-0.3, -0.25) is 0 Å². The highest BCUT2D eigenvalue weighted by Crippen LogP contribution is 2.42. The van der Waals surface area contributed by atoms with Crippen LogP contribution < -0.4 is 29.6 Å². The summed E-state index contributed by atoms with van der Waals surface area (Å²) in [6.45, 7) is 8.50. The number of rotatable bonds is 20. The number of nitrogens with zero attached hydrogens (tertiary/aromatic N) is 6. The van der Waals surface area contributed by atoms with Gasteiger partial charge in [-0.05, 0) is 134 Å². The van der Waals surface area contributed by atoms with Crippen LogP contribution in [0, 0.1) is 0 Å². The second kappa shape index (κ2) is 23.1. The third-order valence-electron chi connectivity index (χ3n) is 10.4. The summed E-state index contributed by atoms with van der Waals surface area (Å²) >= 11 is 6.48. The summed E-state index contributed by atoms with van der Waals surface area (Å²) in [6.07, 6.45) is -0.348. The number of ether oxygens (including phenoxy) is 5. The van der Waals surface area contributed by atoms with Crippen LogP contribution in [0.4, 0.5) is 9.59 Å². The predicted molar refractivity (Wildman–Crippen MR) is 269 cm³/mol. The van der Waals surface area contributed by atoms with Gasteiger partial charge in [0.25, 0.3) is 0 Å². The first-order valence-corrected chi connectivity index (χ1v) is 25.7. The van der Waals surface area contributed by atoms with Gasteiger partial charge >= 0.3 is 12.2 Å². The van der Waals surface area contributed by atoms with E-state index in [1.54, 1.807) is 120 Å². The minimum atomic E-state index is -5.07. The number of nitrogens with one attached hydrogen (secondary N) is 3. The average Bonchev–Trinajstić information content (AvgIpc) is 3.78. The Morgan fingerprint density at radius 1 is 0.694 bits per heavy atom. The molecule has 2 aromatic heterocycles. The number of amides is 2. The molecule has 6 aromatic rings. The predicted octanol–water partition coefficient (Wildman–Crippen LogP) is 7.22. The SMILES string of the molecule is COc1ccc(CN(Cc2ccc(OC)cc2)S(=O)(=O)c2c(S(=O)(=O)NC(CNC(=O)OC(C)(C)C)CNC(=O)OC(C)(C)C)ccc(-c3ccnc(Cl)c3)c2-c2nnnn2Cc2ccc(OC)cc2)cc1. The van der Waals surface area contributed by atoms with E-state index in [4.69, 9.17) is 35.3 Å². The van der Waals surface area contributed by atoms with Crippen molar-refractivity contribution in [2.45, 2.75) is 88.2 Å². The number of hydrogen-bond donors (Lipinski definition) is 3. The number of aromatic nitrogens is 5. The van der Waals surface area contributed by atoms with Gasteiger partial charge in [0.05, 0.1) is 39.5 Å². The van der Waals surface area contributed by atoms with Crippen LogP contribution in [0.2, 0.25) is 5.15 Å². The zero-order valence-electron chi connectivity index (χ0n) is 41.3. The van der Waals surface area contributed by atoms with E-state index in [0.29, 0.717) is 39.5 Å². The molecule has 6 rings (SSSR count). The van der Waals surface area contributed by atoms with Gasteiger partial charge in [-0.25, -0.2) is 40.8 Å². The summed E-state index contributed by atoms with van der Waals surface area (Å²) in [5.74, 6) is 1.50. The van der Waals surface area contributed by atoms with Crippen LogP contribution in [0.3, 0.4) is 0 Å². The third-order valence-corrected chi connectivity index (χ3v) is 14.2. The number of tetrazole rings is 1. The first-order chi connectivity index (χ1) is 34.0. The molecule has 0 bridgehead atoms. The molecule has 0 atom stereocenters. The van der Waals surface area contributed by atoms with E-state index < -0.39 is 72.4 Å². The Hall–Kier alpha value is -6.85. The number of hydrogen-bond acceptors (Lipinski definition) is 15. The topological polar surface area (TPSA) is 244 Å². The summed E-state index contributed by atoms with van der Waals surface area (Å²) in [7, 11) is -5.57. The molecule has 72 heavy (non-hydrogen) atoms. The minimum absolute atomic E-state index is 0.00621. The number of halogens is 1. The molecule has 0 fully saturated rings.